The van der Waals surface area contributed by atoms with E-state index in [9.17, 15) is 14.4 Å². The number of amides is 4. The second kappa shape index (κ2) is 9.22. The van der Waals surface area contributed by atoms with Gasteiger partial charge in [-0.05, 0) is 63.8 Å². The minimum absolute atomic E-state index is 0.0194. The highest BCUT2D eigenvalue weighted by atomic mass is 16.2. The minimum Gasteiger partial charge on any atom is -0.376 e. The van der Waals surface area contributed by atoms with E-state index < -0.39 is 11.9 Å². The Morgan fingerprint density at radius 2 is 2.00 bits per heavy atom. The van der Waals surface area contributed by atoms with Gasteiger partial charge in [-0.1, -0.05) is 0 Å². The Morgan fingerprint density at radius 3 is 2.65 bits per heavy atom. The molecule has 142 valence electrons. The molecule has 0 aliphatic carbocycles. The summed E-state index contributed by atoms with van der Waals surface area (Å²) in [5.74, 6) is -0.363. The van der Waals surface area contributed by atoms with Gasteiger partial charge in [0.25, 0.3) is 5.91 Å². The molecule has 1 saturated heterocycles. The van der Waals surface area contributed by atoms with Gasteiger partial charge < -0.3 is 15.5 Å². The van der Waals surface area contributed by atoms with Crippen molar-refractivity contribution in [2.24, 2.45) is 0 Å². The number of nitrogens with one attached hydrogen (secondary N) is 3. The first-order valence-electron chi connectivity index (χ1n) is 9.15. The van der Waals surface area contributed by atoms with Gasteiger partial charge in [-0.3, -0.25) is 14.9 Å². The van der Waals surface area contributed by atoms with Crippen LogP contribution in [0.3, 0.4) is 0 Å². The third-order valence-electron chi connectivity index (χ3n) is 4.57. The Morgan fingerprint density at radius 1 is 1.23 bits per heavy atom. The van der Waals surface area contributed by atoms with E-state index in [1.54, 1.807) is 19.1 Å². The number of likely N-dealkylation sites (tertiary alicyclic amines) is 1. The van der Waals surface area contributed by atoms with Gasteiger partial charge in [0.1, 0.15) is 0 Å². The zero-order valence-corrected chi connectivity index (χ0v) is 15.7. The molecule has 7 heteroatoms. The van der Waals surface area contributed by atoms with Gasteiger partial charge in [0.05, 0.1) is 6.54 Å². The fourth-order valence-electron chi connectivity index (χ4n) is 3.11. The molecule has 4 amide bonds. The minimum atomic E-state index is -0.507. The first kappa shape index (κ1) is 19.8. The quantitative estimate of drug-likeness (QED) is 0.751. The van der Waals surface area contributed by atoms with Crippen molar-refractivity contribution in [2.75, 3.05) is 25.0 Å². The van der Waals surface area contributed by atoms with E-state index in [1.807, 2.05) is 17.9 Å². The Balaban J connectivity index is 1.95. The summed E-state index contributed by atoms with van der Waals surface area (Å²) in [5.41, 5.74) is 2.30. The predicted octanol–water partition coefficient (Wildman–Crippen LogP) is 2.27. The Bertz CT molecular complexity index is 675. The van der Waals surface area contributed by atoms with Crippen molar-refractivity contribution in [1.82, 2.24) is 15.5 Å². The average molecular weight is 360 g/mol. The molecule has 0 saturated carbocycles. The topological polar surface area (TPSA) is 90.5 Å². The second-order valence-electron chi connectivity index (χ2n) is 6.63. The maximum atomic E-state index is 12.7. The molecule has 7 nitrogen and oxygen atoms in total. The lowest BCUT2D eigenvalue weighted by atomic mass is 10.0. The third-order valence-corrected chi connectivity index (χ3v) is 4.57. The molecule has 1 heterocycles. The van der Waals surface area contributed by atoms with Crippen LogP contribution < -0.4 is 16.0 Å². The summed E-state index contributed by atoms with van der Waals surface area (Å²) < 4.78 is 0. The molecule has 1 atom stereocenters. The lowest BCUT2D eigenvalue weighted by Crippen LogP contribution is -2.42. The molecule has 3 N–H and O–H groups in total. The predicted molar refractivity (Wildman–Crippen MR) is 101 cm³/mol. The van der Waals surface area contributed by atoms with Crippen molar-refractivity contribution in [3.05, 3.63) is 29.3 Å². The molecule has 1 aliphatic rings. The van der Waals surface area contributed by atoms with Crippen LogP contribution >= 0.6 is 0 Å². The maximum absolute atomic E-state index is 12.7. The Kier molecular flexibility index (Phi) is 7.00. The van der Waals surface area contributed by atoms with Crippen LogP contribution in [0.25, 0.3) is 0 Å². The molecule has 0 aromatic heterocycles. The monoisotopic (exact) mass is 360 g/mol. The number of piperidine rings is 1. The molecule has 0 bridgehead atoms. The van der Waals surface area contributed by atoms with Crippen LogP contribution in [0.5, 0.6) is 0 Å². The van der Waals surface area contributed by atoms with E-state index in [2.05, 4.69) is 22.9 Å². The zero-order valence-electron chi connectivity index (χ0n) is 15.7. The molecular weight excluding hydrogens is 332 g/mol. The van der Waals surface area contributed by atoms with Gasteiger partial charge in [0, 0.05) is 30.4 Å². The highest BCUT2D eigenvalue weighted by molar-refractivity contribution is 5.97. The number of urea groups is 1. The fraction of sp³-hybridized carbons (Fsp3) is 0.526. The van der Waals surface area contributed by atoms with Crippen LogP contribution in [0, 0.1) is 6.92 Å². The highest BCUT2D eigenvalue weighted by Crippen LogP contribution is 2.22. The molecule has 0 spiro atoms. The first-order valence-corrected chi connectivity index (χ1v) is 9.15. The number of hydrogen-bond donors (Lipinski definition) is 3. The molecule has 1 aliphatic heterocycles. The van der Waals surface area contributed by atoms with Gasteiger partial charge in [-0.25, -0.2) is 4.79 Å². The summed E-state index contributed by atoms with van der Waals surface area (Å²) in [4.78, 5) is 37.7. The van der Waals surface area contributed by atoms with Crippen LogP contribution in [0.1, 0.15) is 49.0 Å². The number of imide groups is 1. The Labute approximate surface area is 154 Å². The van der Waals surface area contributed by atoms with E-state index in [4.69, 9.17) is 0 Å². The van der Waals surface area contributed by atoms with Crippen LogP contribution in [0.2, 0.25) is 0 Å². The van der Waals surface area contributed by atoms with E-state index in [0.717, 1.165) is 30.6 Å². The molecule has 2 rings (SSSR count). The van der Waals surface area contributed by atoms with Crippen molar-refractivity contribution in [3.8, 4) is 0 Å². The standard InChI is InChI=1S/C19H28N4O3/c1-4-20-19(26)22-17(24)12-21-16-9-8-15(11-13(16)2)18(25)23-10-6-5-7-14(23)3/h8-9,11,14,21H,4-7,10,12H2,1-3H3,(H2,20,22,24,26). The number of nitrogens with zero attached hydrogens (tertiary/aromatic N) is 1. The lowest BCUT2D eigenvalue weighted by Gasteiger charge is -2.33. The van der Waals surface area contributed by atoms with E-state index in [-0.39, 0.29) is 18.5 Å². The van der Waals surface area contributed by atoms with Crippen molar-refractivity contribution in [1.29, 1.82) is 0 Å². The van der Waals surface area contributed by atoms with Crippen LogP contribution in [0.15, 0.2) is 18.2 Å². The summed E-state index contributed by atoms with van der Waals surface area (Å²) in [7, 11) is 0. The van der Waals surface area contributed by atoms with Gasteiger partial charge >= 0.3 is 6.03 Å². The number of carbonyl (C=O) groups excluding carboxylic acids is 3. The summed E-state index contributed by atoms with van der Waals surface area (Å²) >= 11 is 0. The summed E-state index contributed by atoms with van der Waals surface area (Å²) in [6.45, 7) is 7.00. The Hall–Kier alpha value is -2.57. The highest BCUT2D eigenvalue weighted by Gasteiger charge is 2.24. The molecule has 0 radical (unpaired) electrons. The van der Waals surface area contributed by atoms with E-state index in [0.29, 0.717) is 12.1 Å². The van der Waals surface area contributed by atoms with Crippen molar-refractivity contribution < 1.29 is 14.4 Å². The van der Waals surface area contributed by atoms with Gasteiger partial charge in [0.15, 0.2) is 0 Å². The number of aryl methyl sites for hydroxylation is 1. The van der Waals surface area contributed by atoms with Crippen LogP contribution in [-0.2, 0) is 4.79 Å². The smallest absolute Gasteiger partial charge is 0.321 e. The largest absolute Gasteiger partial charge is 0.376 e. The normalized spacial score (nSPS) is 16.7. The molecule has 1 unspecified atom stereocenters. The van der Waals surface area contributed by atoms with Crippen LogP contribution in [-0.4, -0.2) is 48.4 Å². The first-order chi connectivity index (χ1) is 12.4. The average Bonchev–Trinajstić information content (AvgIpc) is 2.60. The zero-order chi connectivity index (χ0) is 19.1. The van der Waals surface area contributed by atoms with Crippen molar-refractivity contribution >= 4 is 23.5 Å². The second-order valence-corrected chi connectivity index (χ2v) is 6.63. The molecule has 26 heavy (non-hydrogen) atoms. The van der Waals surface area contributed by atoms with Gasteiger partial charge in [0.2, 0.25) is 5.91 Å². The maximum Gasteiger partial charge on any atom is 0.321 e. The van der Waals surface area contributed by atoms with Gasteiger partial charge in [-0.2, -0.15) is 0 Å². The molecule has 1 aromatic carbocycles. The SMILES string of the molecule is CCNC(=O)NC(=O)CNc1ccc(C(=O)N2CCCCC2C)cc1C. The number of hydrogen-bond acceptors (Lipinski definition) is 4. The molecular formula is C19H28N4O3. The number of anilines is 1. The van der Waals surface area contributed by atoms with Crippen molar-refractivity contribution in [2.45, 2.75) is 46.1 Å². The van der Waals surface area contributed by atoms with E-state index >= 15 is 0 Å². The summed E-state index contributed by atoms with van der Waals surface area (Å²) in [6, 6.07) is 5.19. The molecule has 1 aromatic rings. The summed E-state index contributed by atoms with van der Waals surface area (Å²) in [5, 5.41) is 7.73. The molecule has 1 fully saturated rings. The van der Waals surface area contributed by atoms with Gasteiger partial charge in [-0.15, -0.1) is 0 Å². The number of benzene rings is 1. The van der Waals surface area contributed by atoms with Crippen LogP contribution in [0.4, 0.5) is 10.5 Å². The summed E-state index contributed by atoms with van der Waals surface area (Å²) in [6.07, 6.45) is 3.27. The van der Waals surface area contributed by atoms with E-state index in [1.165, 1.54) is 6.42 Å². The number of rotatable bonds is 5. The fourth-order valence-corrected chi connectivity index (χ4v) is 3.11. The number of carbonyl (C=O) groups is 3. The lowest BCUT2D eigenvalue weighted by molar-refractivity contribution is -0.118. The van der Waals surface area contributed by atoms with Crippen molar-refractivity contribution in [3.63, 3.8) is 0 Å². The third kappa shape index (κ3) is 5.21.